The number of rotatable bonds is 5. The van der Waals surface area contributed by atoms with E-state index < -0.39 is 0 Å². The summed E-state index contributed by atoms with van der Waals surface area (Å²) in [6, 6.07) is 11.0. The van der Waals surface area contributed by atoms with E-state index in [1.54, 1.807) is 16.8 Å². The summed E-state index contributed by atoms with van der Waals surface area (Å²) in [5, 5.41) is 18.4. The highest BCUT2D eigenvalue weighted by molar-refractivity contribution is 7.20. The van der Waals surface area contributed by atoms with Crippen LogP contribution in [-0.2, 0) is 4.79 Å². The highest BCUT2D eigenvalue weighted by atomic mass is 32.1. The number of phenols is 1. The maximum atomic E-state index is 12.6. The van der Waals surface area contributed by atoms with E-state index in [4.69, 9.17) is 19.6 Å². The van der Waals surface area contributed by atoms with Crippen LogP contribution in [0.15, 0.2) is 36.4 Å². The second-order valence-electron chi connectivity index (χ2n) is 7.55. The first-order valence-electron chi connectivity index (χ1n) is 10.3. The van der Waals surface area contributed by atoms with Gasteiger partial charge in [0.15, 0.2) is 11.5 Å². The van der Waals surface area contributed by atoms with Gasteiger partial charge in [-0.05, 0) is 49.7 Å². The molecule has 2 aromatic carbocycles. The molecule has 2 aromatic heterocycles. The molecule has 0 saturated heterocycles. The first-order chi connectivity index (χ1) is 15.5. The number of methoxy groups -OCH3 is 1. The number of carbonyl (C=O) groups is 1. The molecular weight excluding hydrogens is 428 g/mol. The molecule has 5 rings (SSSR count). The SMILES string of the molecule is CCOc1ccc2nc(-n3nc(C)c4c3NC(=O)C[C@H]4c3ccc(O)c(OC)c3)sc2c1. The van der Waals surface area contributed by atoms with Crippen LogP contribution in [0, 0.1) is 6.92 Å². The summed E-state index contributed by atoms with van der Waals surface area (Å²) in [6.07, 6.45) is 0.283. The van der Waals surface area contributed by atoms with E-state index in [1.807, 2.05) is 38.1 Å². The summed E-state index contributed by atoms with van der Waals surface area (Å²) in [5.74, 6) is 1.54. The van der Waals surface area contributed by atoms with Gasteiger partial charge in [0.2, 0.25) is 11.0 Å². The Kier molecular flexibility index (Phi) is 4.97. The van der Waals surface area contributed by atoms with E-state index in [-0.39, 0.29) is 24.0 Å². The van der Waals surface area contributed by atoms with Gasteiger partial charge in [0.25, 0.3) is 0 Å². The zero-order valence-corrected chi connectivity index (χ0v) is 18.7. The van der Waals surface area contributed by atoms with Gasteiger partial charge in [-0.3, -0.25) is 4.79 Å². The summed E-state index contributed by atoms with van der Waals surface area (Å²) in [6.45, 7) is 4.47. The summed E-state index contributed by atoms with van der Waals surface area (Å²) in [5.41, 5.74) is 3.47. The average Bonchev–Trinajstić information content (AvgIpc) is 3.34. The largest absolute Gasteiger partial charge is 0.504 e. The fraction of sp³-hybridized carbons (Fsp3) is 0.261. The van der Waals surface area contributed by atoms with Gasteiger partial charge in [-0.15, -0.1) is 0 Å². The molecule has 8 nitrogen and oxygen atoms in total. The molecule has 4 aromatic rings. The smallest absolute Gasteiger partial charge is 0.226 e. The van der Waals surface area contributed by atoms with E-state index >= 15 is 0 Å². The monoisotopic (exact) mass is 450 g/mol. The van der Waals surface area contributed by atoms with Crippen molar-refractivity contribution in [2.75, 3.05) is 19.0 Å². The summed E-state index contributed by atoms with van der Waals surface area (Å²) >= 11 is 1.49. The van der Waals surface area contributed by atoms with E-state index in [1.165, 1.54) is 18.4 Å². The molecule has 0 fully saturated rings. The van der Waals surface area contributed by atoms with Crippen molar-refractivity contribution in [3.8, 4) is 22.4 Å². The van der Waals surface area contributed by atoms with Crippen LogP contribution in [0.25, 0.3) is 15.3 Å². The Morgan fingerprint density at radius 2 is 2.12 bits per heavy atom. The Labute approximate surface area is 188 Å². The highest BCUT2D eigenvalue weighted by Gasteiger charge is 2.33. The lowest BCUT2D eigenvalue weighted by atomic mass is 9.85. The second kappa shape index (κ2) is 7.83. The van der Waals surface area contributed by atoms with E-state index in [2.05, 4.69) is 5.32 Å². The standard InChI is InChI=1S/C23H22N4O4S/c1-4-31-14-6-7-16-19(10-14)32-23(24-16)27-22-21(12(2)26-27)15(11-20(29)25-22)13-5-8-17(28)18(9-13)30-3/h5-10,15,28H,4,11H2,1-3H3,(H,25,29)/t15-/m0/s1. The number of nitrogens with one attached hydrogen (secondary N) is 1. The molecule has 0 unspecified atom stereocenters. The Hall–Kier alpha value is -3.59. The molecule has 2 N–H and O–H groups in total. The highest BCUT2D eigenvalue weighted by Crippen LogP contribution is 2.43. The maximum Gasteiger partial charge on any atom is 0.226 e. The molecule has 0 radical (unpaired) electrons. The minimum atomic E-state index is -0.207. The minimum Gasteiger partial charge on any atom is -0.504 e. The lowest BCUT2D eigenvalue weighted by Gasteiger charge is -2.24. The van der Waals surface area contributed by atoms with Crippen LogP contribution in [0.3, 0.4) is 0 Å². The number of aromatic hydroxyl groups is 1. The van der Waals surface area contributed by atoms with Gasteiger partial charge in [0.1, 0.15) is 11.6 Å². The van der Waals surface area contributed by atoms with Crippen molar-refractivity contribution in [2.24, 2.45) is 0 Å². The second-order valence-corrected chi connectivity index (χ2v) is 8.56. The zero-order valence-electron chi connectivity index (χ0n) is 17.9. The Balaban J connectivity index is 1.61. The molecule has 9 heteroatoms. The van der Waals surface area contributed by atoms with Crippen molar-refractivity contribution in [1.82, 2.24) is 14.8 Å². The van der Waals surface area contributed by atoms with Crippen LogP contribution in [0.5, 0.6) is 17.2 Å². The number of fused-ring (bicyclic) bond motifs is 2. The van der Waals surface area contributed by atoms with Crippen molar-refractivity contribution in [2.45, 2.75) is 26.2 Å². The fourth-order valence-corrected chi connectivity index (χ4v) is 5.07. The summed E-state index contributed by atoms with van der Waals surface area (Å²) in [4.78, 5) is 17.4. The topological polar surface area (TPSA) is 98.5 Å². The summed E-state index contributed by atoms with van der Waals surface area (Å²) in [7, 11) is 1.51. The average molecular weight is 451 g/mol. The Bertz CT molecular complexity index is 1340. The van der Waals surface area contributed by atoms with Gasteiger partial charge in [0.05, 0.1) is 29.6 Å². The van der Waals surface area contributed by atoms with Crippen molar-refractivity contribution in [1.29, 1.82) is 0 Å². The number of carbonyl (C=O) groups excluding carboxylic acids is 1. The maximum absolute atomic E-state index is 12.6. The van der Waals surface area contributed by atoms with E-state index in [0.717, 1.165) is 32.8 Å². The van der Waals surface area contributed by atoms with Crippen LogP contribution in [-0.4, -0.2) is 39.5 Å². The molecule has 1 aliphatic heterocycles. The number of aryl methyl sites for hydroxylation is 1. The van der Waals surface area contributed by atoms with E-state index in [9.17, 15) is 9.90 Å². The lowest BCUT2D eigenvalue weighted by Crippen LogP contribution is -2.24. The van der Waals surface area contributed by atoms with Gasteiger partial charge in [-0.25, -0.2) is 4.98 Å². The predicted octanol–water partition coefficient (Wildman–Crippen LogP) is 4.38. The first kappa shape index (κ1) is 20.3. The Morgan fingerprint density at radius 3 is 2.91 bits per heavy atom. The van der Waals surface area contributed by atoms with Gasteiger partial charge in [0, 0.05) is 17.9 Å². The number of nitrogens with zero attached hydrogens (tertiary/aromatic N) is 3. The quantitative estimate of drug-likeness (QED) is 0.468. The molecule has 164 valence electrons. The molecule has 3 heterocycles. The third-order valence-electron chi connectivity index (χ3n) is 5.55. The van der Waals surface area contributed by atoms with Gasteiger partial charge in [-0.1, -0.05) is 17.4 Å². The molecule has 1 aliphatic rings. The number of ether oxygens (including phenoxy) is 2. The predicted molar refractivity (Wildman–Crippen MR) is 122 cm³/mol. The van der Waals surface area contributed by atoms with E-state index in [0.29, 0.717) is 23.3 Å². The molecule has 1 amide bonds. The molecule has 0 bridgehead atoms. The van der Waals surface area contributed by atoms with Crippen LogP contribution in [0.4, 0.5) is 5.82 Å². The number of aromatic nitrogens is 3. The Morgan fingerprint density at radius 1 is 1.28 bits per heavy atom. The third-order valence-corrected chi connectivity index (χ3v) is 6.54. The zero-order chi connectivity index (χ0) is 22.4. The number of benzene rings is 2. The van der Waals surface area contributed by atoms with Gasteiger partial charge in [-0.2, -0.15) is 9.78 Å². The molecule has 0 aliphatic carbocycles. The third kappa shape index (κ3) is 3.34. The molecular formula is C23H22N4O4S. The number of hydrogen-bond acceptors (Lipinski definition) is 7. The molecule has 32 heavy (non-hydrogen) atoms. The lowest BCUT2D eigenvalue weighted by molar-refractivity contribution is -0.116. The number of anilines is 1. The van der Waals surface area contributed by atoms with Crippen molar-refractivity contribution in [3.63, 3.8) is 0 Å². The van der Waals surface area contributed by atoms with Crippen LogP contribution in [0.1, 0.15) is 36.1 Å². The van der Waals surface area contributed by atoms with Crippen molar-refractivity contribution >= 4 is 33.3 Å². The van der Waals surface area contributed by atoms with Gasteiger partial charge < -0.3 is 19.9 Å². The van der Waals surface area contributed by atoms with Crippen LogP contribution in [0.2, 0.25) is 0 Å². The molecule has 0 saturated carbocycles. The number of amides is 1. The number of hydrogen-bond donors (Lipinski definition) is 2. The minimum absolute atomic E-state index is 0.0602. The summed E-state index contributed by atoms with van der Waals surface area (Å²) < 4.78 is 13.6. The normalized spacial score (nSPS) is 15.5. The fourth-order valence-electron chi connectivity index (χ4n) is 4.12. The van der Waals surface area contributed by atoms with Crippen LogP contribution >= 0.6 is 11.3 Å². The number of thiazole rings is 1. The van der Waals surface area contributed by atoms with Crippen molar-refractivity contribution in [3.05, 3.63) is 53.2 Å². The molecule has 0 spiro atoms. The van der Waals surface area contributed by atoms with Crippen molar-refractivity contribution < 1.29 is 19.4 Å². The molecule has 1 atom stereocenters. The number of phenolic OH excluding ortho intramolecular Hbond substituents is 1. The van der Waals surface area contributed by atoms with Gasteiger partial charge >= 0.3 is 0 Å². The van der Waals surface area contributed by atoms with Crippen LogP contribution < -0.4 is 14.8 Å². The first-order valence-corrected chi connectivity index (χ1v) is 11.1.